The summed E-state index contributed by atoms with van der Waals surface area (Å²) in [7, 11) is -3.56. The Kier molecular flexibility index (Phi) is 12.4. The molecule has 0 saturated heterocycles. The van der Waals surface area contributed by atoms with Gasteiger partial charge in [-0.25, -0.2) is 8.42 Å². The van der Waals surface area contributed by atoms with Crippen LogP contribution < -0.4 is 9.47 Å². The Morgan fingerprint density at radius 1 is 0.704 bits per heavy atom. The van der Waals surface area contributed by atoms with Crippen molar-refractivity contribution in [1.29, 1.82) is 0 Å². The van der Waals surface area contributed by atoms with Gasteiger partial charge in [-0.3, -0.25) is 0 Å². The minimum absolute atomic E-state index is 0.211. The highest BCUT2D eigenvalue weighted by Crippen LogP contribution is 2.24. The predicted molar refractivity (Wildman–Crippen MR) is 112 cm³/mol. The molecule has 2 aromatic rings. The highest BCUT2D eigenvalue weighted by atomic mass is 32.2. The second kappa shape index (κ2) is 13.6. The molecule has 0 aromatic heterocycles. The molecule has 0 N–H and O–H groups in total. The molecule has 0 aliphatic heterocycles. The minimum Gasteiger partial charge on any atom is -0.490 e. The van der Waals surface area contributed by atoms with Gasteiger partial charge in [0.2, 0.25) is 9.84 Å². The average molecular weight is 391 g/mol. The summed E-state index contributed by atoms with van der Waals surface area (Å²) in [6.45, 7) is 15.9. The molecule has 4 nitrogen and oxygen atoms in total. The second-order valence-corrected chi connectivity index (χ2v) is 6.60. The molecular weight excluding hydrogens is 360 g/mol. The van der Waals surface area contributed by atoms with E-state index >= 15 is 0 Å². The fraction of sp³-hybridized carbons (Fsp3) is 0.273. The summed E-state index contributed by atoms with van der Waals surface area (Å²) in [5.74, 6) is 1.19. The molecule has 0 aliphatic carbocycles. The van der Waals surface area contributed by atoms with Crippen molar-refractivity contribution in [3.05, 3.63) is 73.8 Å². The lowest BCUT2D eigenvalue weighted by molar-refractivity contribution is 0.363. The van der Waals surface area contributed by atoms with Crippen LogP contribution in [0.15, 0.2) is 83.6 Å². The van der Waals surface area contributed by atoms with E-state index in [1.807, 2.05) is 27.7 Å². The molecular formula is C22H30O4S. The zero-order valence-electron chi connectivity index (χ0n) is 16.6. The van der Waals surface area contributed by atoms with Crippen molar-refractivity contribution in [3.63, 3.8) is 0 Å². The zero-order valence-corrected chi connectivity index (χ0v) is 17.5. The standard InChI is InChI=1S/C18H18O4S.2C2H6/c1-3-13-21-15-5-9-17(10-6-15)23(19,20)18-11-7-16(8-12-18)22-14-4-2;2*1-2/h3-12H,1-2,13-14H2;2*1-2H3. The van der Waals surface area contributed by atoms with Crippen LogP contribution in [0.4, 0.5) is 0 Å². The summed E-state index contributed by atoms with van der Waals surface area (Å²) in [5, 5.41) is 0. The normalized spacial score (nSPS) is 9.63. The number of hydrogen-bond donors (Lipinski definition) is 0. The quantitative estimate of drug-likeness (QED) is 0.542. The lowest BCUT2D eigenvalue weighted by atomic mass is 10.3. The highest BCUT2D eigenvalue weighted by Gasteiger charge is 2.17. The van der Waals surface area contributed by atoms with Gasteiger partial charge in [0.1, 0.15) is 24.7 Å². The van der Waals surface area contributed by atoms with E-state index in [1.54, 1.807) is 36.4 Å². The third kappa shape index (κ3) is 7.71. The van der Waals surface area contributed by atoms with Gasteiger partial charge in [0.15, 0.2) is 0 Å². The summed E-state index contributed by atoms with van der Waals surface area (Å²) in [6.07, 6.45) is 3.25. The first-order chi connectivity index (χ1) is 13.1. The van der Waals surface area contributed by atoms with Gasteiger partial charge in [-0.2, -0.15) is 0 Å². The van der Waals surface area contributed by atoms with Crippen molar-refractivity contribution in [2.75, 3.05) is 13.2 Å². The van der Waals surface area contributed by atoms with Crippen LogP contribution in [0.3, 0.4) is 0 Å². The Labute approximate surface area is 164 Å². The van der Waals surface area contributed by atoms with E-state index in [2.05, 4.69) is 13.2 Å². The van der Waals surface area contributed by atoms with Gasteiger partial charge in [-0.15, -0.1) is 0 Å². The zero-order chi connectivity index (χ0) is 20.7. The fourth-order valence-electron chi connectivity index (χ4n) is 1.88. The van der Waals surface area contributed by atoms with Gasteiger partial charge >= 0.3 is 0 Å². The summed E-state index contributed by atoms with van der Waals surface area (Å²) in [4.78, 5) is 0.423. The van der Waals surface area contributed by atoms with Crippen LogP contribution in [0.1, 0.15) is 27.7 Å². The van der Waals surface area contributed by atoms with Gasteiger partial charge in [-0.05, 0) is 48.5 Å². The van der Waals surface area contributed by atoms with E-state index < -0.39 is 9.84 Å². The van der Waals surface area contributed by atoms with E-state index in [9.17, 15) is 8.42 Å². The van der Waals surface area contributed by atoms with Crippen LogP contribution in [0.2, 0.25) is 0 Å². The first-order valence-corrected chi connectivity index (χ1v) is 10.5. The Hall–Kier alpha value is -2.53. The maximum Gasteiger partial charge on any atom is 0.206 e. The molecule has 2 rings (SSSR count). The lowest BCUT2D eigenvalue weighted by Crippen LogP contribution is -2.02. The summed E-state index contributed by atoms with van der Waals surface area (Å²) >= 11 is 0. The molecule has 0 heterocycles. The number of ether oxygens (including phenoxy) is 2. The molecule has 148 valence electrons. The van der Waals surface area contributed by atoms with Gasteiger partial charge in [0.25, 0.3) is 0 Å². The van der Waals surface area contributed by atoms with Crippen LogP contribution in [0, 0.1) is 0 Å². The molecule has 27 heavy (non-hydrogen) atoms. The van der Waals surface area contributed by atoms with Crippen molar-refractivity contribution < 1.29 is 17.9 Å². The maximum absolute atomic E-state index is 12.6. The average Bonchev–Trinajstić information content (AvgIpc) is 2.74. The van der Waals surface area contributed by atoms with E-state index in [4.69, 9.17) is 9.47 Å². The molecule has 0 aliphatic rings. The highest BCUT2D eigenvalue weighted by molar-refractivity contribution is 7.91. The third-order valence-corrected chi connectivity index (χ3v) is 4.79. The fourth-order valence-corrected chi connectivity index (χ4v) is 3.14. The Balaban J connectivity index is 0.00000158. The molecule has 0 bridgehead atoms. The number of hydrogen-bond acceptors (Lipinski definition) is 4. The van der Waals surface area contributed by atoms with Crippen LogP contribution in [0.5, 0.6) is 11.5 Å². The van der Waals surface area contributed by atoms with E-state index in [0.717, 1.165) is 0 Å². The summed E-state index contributed by atoms with van der Waals surface area (Å²) in [6, 6.07) is 12.6. The van der Waals surface area contributed by atoms with Crippen molar-refractivity contribution in [1.82, 2.24) is 0 Å². The van der Waals surface area contributed by atoms with E-state index in [1.165, 1.54) is 24.3 Å². The maximum atomic E-state index is 12.6. The Morgan fingerprint density at radius 2 is 1.00 bits per heavy atom. The van der Waals surface area contributed by atoms with E-state index in [-0.39, 0.29) is 9.79 Å². The summed E-state index contributed by atoms with van der Waals surface area (Å²) < 4.78 is 35.8. The molecule has 5 heteroatoms. The van der Waals surface area contributed by atoms with Crippen molar-refractivity contribution in [3.8, 4) is 11.5 Å². The van der Waals surface area contributed by atoms with Crippen molar-refractivity contribution in [2.45, 2.75) is 37.5 Å². The molecule has 0 atom stereocenters. The van der Waals surface area contributed by atoms with Gasteiger partial charge in [-0.1, -0.05) is 53.0 Å². The topological polar surface area (TPSA) is 52.6 Å². The van der Waals surface area contributed by atoms with Crippen LogP contribution in [0.25, 0.3) is 0 Å². The van der Waals surface area contributed by atoms with Crippen LogP contribution in [-0.4, -0.2) is 21.6 Å². The number of benzene rings is 2. The van der Waals surface area contributed by atoms with Crippen molar-refractivity contribution >= 4 is 9.84 Å². The largest absolute Gasteiger partial charge is 0.490 e. The second-order valence-electron chi connectivity index (χ2n) is 4.65. The SMILES string of the molecule is C=CCOc1ccc(S(=O)(=O)c2ccc(OCC=C)cc2)cc1.CC.CC. The molecule has 0 radical (unpaired) electrons. The monoisotopic (exact) mass is 390 g/mol. The summed E-state index contributed by atoms with van der Waals surface area (Å²) in [5.41, 5.74) is 0. The molecule has 0 saturated carbocycles. The van der Waals surface area contributed by atoms with Gasteiger partial charge in [0, 0.05) is 0 Å². The first-order valence-electron chi connectivity index (χ1n) is 9.00. The van der Waals surface area contributed by atoms with Crippen LogP contribution in [-0.2, 0) is 9.84 Å². The third-order valence-electron chi connectivity index (χ3n) is 3.00. The molecule has 0 amide bonds. The lowest BCUT2D eigenvalue weighted by Gasteiger charge is -2.08. The van der Waals surface area contributed by atoms with E-state index in [0.29, 0.717) is 24.7 Å². The smallest absolute Gasteiger partial charge is 0.206 e. The number of sulfone groups is 1. The first kappa shape index (κ1) is 24.5. The molecule has 2 aromatic carbocycles. The minimum atomic E-state index is -3.56. The molecule has 0 fully saturated rings. The predicted octanol–water partition coefficient (Wildman–Crippen LogP) is 5.70. The van der Waals surface area contributed by atoms with Crippen molar-refractivity contribution in [2.24, 2.45) is 0 Å². The van der Waals surface area contributed by atoms with Crippen LogP contribution >= 0.6 is 0 Å². The van der Waals surface area contributed by atoms with Gasteiger partial charge in [0.05, 0.1) is 9.79 Å². The Morgan fingerprint density at radius 3 is 1.26 bits per heavy atom. The van der Waals surface area contributed by atoms with Gasteiger partial charge < -0.3 is 9.47 Å². The molecule has 0 spiro atoms. The number of rotatable bonds is 8. The Bertz CT molecular complexity index is 699. The molecule has 0 unspecified atom stereocenters.